The summed E-state index contributed by atoms with van der Waals surface area (Å²) < 4.78 is 1.96. The molecular formula is C17H17N3. The SMILES string of the molecule is NCc1ccccc1Cn1cc(-c2ccccc2)cn1. The fourth-order valence-electron chi connectivity index (χ4n) is 2.32. The van der Waals surface area contributed by atoms with Crippen LogP contribution in [0.4, 0.5) is 0 Å². The Kier molecular flexibility index (Phi) is 3.61. The summed E-state index contributed by atoms with van der Waals surface area (Å²) in [5.74, 6) is 0. The van der Waals surface area contributed by atoms with Crippen LogP contribution in [0.2, 0.25) is 0 Å². The molecule has 0 saturated heterocycles. The molecule has 0 atom stereocenters. The van der Waals surface area contributed by atoms with Gasteiger partial charge >= 0.3 is 0 Å². The van der Waals surface area contributed by atoms with Crippen LogP contribution in [0.5, 0.6) is 0 Å². The van der Waals surface area contributed by atoms with E-state index >= 15 is 0 Å². The van der Waals surface area contributed by atoms with Gasteiger partial charge in [0.25, 0.3) is 0 Å². The van der Waals surface area contributed by atoms with E-state index in [1.807, 2.05) is 41.2 Å². The van der Waals surface area contributed by atoms with Crippen molar-refractivity contribution in [2.24, 2.45) is 5.73 Å². The third-order valence-electron chi connectivity index (χ3n) is 3.41. The Labute approximate surface area is 118 Å². The monoisotopic (exact) mass is 263 g/mol. The van der Waals surface area contributed by atoms with Gasteiger partial charge in [0.05, 0.1) is 12.7 Å². The average molecular weight is 263 g/mol. The summed E-state index contributed by atoms with van der Waals surface area (Å²) >= 11 is 0. The first-order valence-corrected chi connectivity index (χ1v) is 6.71. The molecule has 0 amide bonds. The third-order valence-corrected chi connectivity index (χ3v) is 3.41. The van der Waals surface area contributed by atoms with Gasteiger partial charge < -0.3 is 5.73 Å². The van der Waals surface area contributed by atoms with Crippen molar-refractivity contribution in [2.45, 2.75) is 13.1 Å². The van der Waals surface area contributed by atoms with Gasteiger partial charge in [0.15, 0.2) is 0 Å². The van der Waals surface area contributed by atoms with Gasteiger partial charge in [-0.05, 0) is 16.7 Å². The molecule has 3 nitrogen and oxygen atoms in total. The first-order valence-electron chi connectivity index (χ1n) is 6.71. The highest BCUT2D eigenvalue weighted by atomic mass is 15.3. The minimum atomic E-state index is 0.559. The molecule has 0 fully saturated rings. The fraction of sp³-hybridized carbons (Fsp3) is 0.118. The van der Waals surface area contributed by atoms with E-state index in [-0.39, 0.29) is 0 Å². The number of benzene rings is 2. The quantitative estimate of drug-likeness (QED) is 0.786. The van der Waals surface area contributed by atoms with Crippen LogP contribution in [0.15, 0.2) is 67.0 Å². The minimum absolute atomic E-state index is 0.559. The highest BCUT2D eigenvalue weighted by Crippen LogP contribution is 2.18. The summed E-state index contributed by atoms with van der Waals surface area (Å²) in [6.07, 6.45) is 3.98. The van der Waals surface area contributed by atoms with Crippen molar-refractivity contribution in [3.05, 3.63) is 78.1 Å². The van der Waals surface area contributed by atoms with Gasteiger partial charge in [-0.3, -0.25) is 4.68 Å². The zero-order valence-electron chi connectivity index (χ0n) is 11.2. The average Bonchev–Trinajstić information content (AvgIpc) is 2.97. The molecule has 0 aliphatic rings. The van der Waals surface area contributed by atoms with Crippen molar-refractivity contribution in [1.82, 2.24) is 9.78 Å². The largest absolute Gasteiger partial charge is 0.326 e. The maximum atomic E-state index is 5.77. The topological polar surface area (TPSA) is 43.8 Å². The molecule has 2 aromatic carbocycles. The Morgan fingerprint density at radius 3 is 2.30 bits per heavy atom. The molecule has 0 bridgehead atoms. The number of aromatic nitrogens is 2. The molecule has 0 radical (unpaired) electrons. The minimum Gasteiger partial charge on any atom is -0.326 e. The summed E-state index contributed by atoms with van der Waals surface area (Å²) in [7, 11) is 0. The predicted octanol–water partition coefficient (Wildman–Crippen LogP) is 3.06. The molecule has 0 saturated carbocycles. The second-order valence-electron chi connectivity index (χ2n) is 4.77. The molecule has 0 aliphatic heterocycles. The lowest BCUT2D eigenvalue weighted by Gasteiger charge is -2.07. The van der Waals surface area contributed by atoms with E-state index in [4.69, 9.17) is 5.73 Å². The highest BCUT2D eigenvalue weighted by Gasteiger charge is 2.04. The first kappa shape index (κ1) is 12.6. The van der Waals surface area contributed by atoms with Crippen LogP contribution >= 0.6 is 0 Å². The Hall–Kier alpha value is -2.39. The third kappa shape index (κ3) is 2.63. The maximum absolute atomic E-state index is 5.77. The number of hydrogen-bond donors (Lipinski definition) is 1. The summed E-state index contributed by atoms with van der Waals surface area (Å²) in [6, 6.07) is 18.5. The van der Waals surface area contributed by atoms with Crippen LogP contribution in [0.1, 0.15) is 11.1 Å². The van der Waals surface area contributed by atoms with Crippen molar-refractivity contribution in [3.8, 4) is 11.1 Å². The lowest BCUT2D eigenvalue weighted by molar-refractivity contribution is 0.681. The predicted molar refractivity (Wildman–Crippen MR) is 81.1 cm³/mol. The summed E-state index contributed by atoms with van der Waals surface area (Å²) in [6.45, 7) is 1.31. The van der Waals surface area contributed by atoms with E-state index in [1.54, 1.807) is 0 Å². The molecule has 2 N–H and O–H groups in total. The Morgan fingerprint density at radius 2 is 1.55 bits per heavy atom. The highest BCUT2D eigenvalue weighted by molar-refractivity contribution is 5.61. The zero-order chi connectivity index (χ0) is 13.8. The molecule has 3 aromatic rings. The molecular weight excluding hydrogens is 246 g/mol. The van der Waals surface area contributed by atoms with Crippen LogP contribution < -0.4 is 5.73 Å². The maximum Gasteiger partial charge on any atom is 0.0662 e. The van der Waals surface area contributed by atoms with Gasteiger partial charge in [0.1, 0.15) is 0 Å². The standard InChI is InChI=1S/C17H17N3/c18-10-15-8-4-5-9-16(15)12-20-13-17(11-19-20)14-6-2-1-3-7-14/h1-9,11,13H,10,12,18H2. The fourth-order valence-corrected chi connectivity index (χ4v) is 2.32. The van der Waals surface area contributed by atoms with Gasteiger partial charge in [0.2, 0.25) is 0 Å². The van der Waals surface area contributed by atoms with Crippen LogP contribution in [-0.2, 0) is 13.1 Å². The number of hydrogen-bond acceptors (Lipinski definition) is 2. The van der Waals surface area contributed by atoms with Crippen molar-refractivity contribution < 1.29 is 0 Å². The van der Waals surface area contributed by atoms with Crippen molar-refractivity contribution in [3.63, 3.8) is 0 Å². The molecule has 3 heteroatoms. The molecule has 0 unspecified atom stereocenters. The van der Waals surface area contributed by atoms with E-state index in [1.165, 1.54) is 16.7 Å². The van der Waals surface area contributed by atoms with E-state index in [0.717, 1.165) is 12.1 Å². The van der Waals surface area contributed by atoms with Gasteiger partial charge in [-0.2, -0.15) is 5.10 Å². The van der Waals surface area contributed by atoms with Crippen molar-refractivity contribution >= 4 is 0 Å². The number of nitrogens with two attached hydrogens (primary N) is 1. The van der Waals surface area contributed by atoms with E-state index < -0.39 is 0 Å². The molecule has 20 heavy (non-hydrogen) atoms. The van der Waals surface area contributed by atoms with E-state index in [9.17, 15) is 0 Å². The van der Waals surface area contributed by atoms with E-state index in [2.05, 4.69) is 35.6 Å². The molecule has 100 valence electrons. The molecule has 3 rings (SSSR count). The van der Waals surface area contributed by atoms with E-state index in [0.29, 0.717) is 6.54 Å². The van der Waals surface area contributed by atoms with Gasteiger partial charge in [0, 0.05) is 18.3 Å². The second kappa shape index (κ2) is 5.72. The second-order valence-corrected chi connectivity index (χ2v) is 4.77. The molecule has 1 heterocycles. The normalized spacial score (nSPS) is 10.7. The lowest BCUT2D eigenvalue weighted by atomic mass is 10.1. The number of rotatable bonds is 4. The lowest BCUT2D eigenvalue weighted by Crippen LogP contribution is -2.06. The Balaban J connectivity index is 1.84. The van der Waals surface area contributed by atoms with Crippen LogP contribution in [-0.4, -0.2) is 9.78 Å². The van der Waals surface area contributed by atoms with Gasteiger partial charge in [-0.1, -0.05) is 54.6 Å². The Bertz CT molecular complexity index is 686. The Morgan fingerprint density at radius 1 is 0.850 bits per heavy atom. The van der Waals surface area contributed by atoms with Crippen LogP contribution in [0, 0.1) is 0 Å². The smallest absolute Gasteiger partial charge is 0.0662 e. The van der Waals surface area contributed by atoms with Crippen molar-refractivity contribution in [2.75, 3.05) is 0 Å². The van der Waals surface area contributed by atoms with Crippen LogP contribution in [0.3, 0.4) is 0 Å². The summed E-state index contributed by atoms with van der Waals surface area (Å²) in [4.78, 5) is 0. The molecule has 0 spiro atoms. The number of nitrogens with zero attached hydrogens (tertiary/aromatic N) is 2. The molecule has 0 aliphatic carbocycles. The van der Waals surface area contributed by atoms with Crippen molar-refractivity contribution in [1.29, 1.82) is 0 Å². The summed E-state index contributed by atoms with van der Waals surface area (Å²) in [5.41, 5.74) is 10.5. The van der Waals surface area contributed by atoms with Crippen LogP contribution in [0.25, 0.3) is 11.1 Å². The van der Waals surface area contributed by atoms with Gasteiger partial charge in [-0.25, -0.2) is 0 Å². The van der Waals surface area contributed by atoms with Gasteiger partial charge in [-0.15, -0.1) is 0 Å². The first-order chi connectivity index (χ1) is 9.86. The zero-order valence-corrected chi connectivity index (χ0v) is 11.2. The summed E-state index contributed by atoms with van der Waals surface area (Å²) in [5, 5.41) is 4.44. The molecule has 1 aromatic heterocycles.